The fraction of sp³-hybridized carbons (Fsp3) is 0. The minimum atomic E-state index is -0.250. The molecule has 0 saturated heterocycles. The summed E-state index contributed by atoms with van der Waals surface area (Å²) in [5.41, 5.74) is 7.56. The summed E-state index contributed by atoms with van der Waals surface area (Å²) in [7, 11) is 0. The summed E-state index contributed by atoms with van der Waals surface area (Å²) in [5, 5.41) is 2.31. The molecule has 36 heavy (non-hydrogen) atoms. The Hall–Kier alpha value is -4.69. The van der Waals surface area contributed by atoms with E-state index in [1.807, 2.05) is 24.3 Å². The second kappa shape index (κ2) is 9.52. The molecule has 0 spiro atoms. The van der Waals surface area contributed by atoms with E-state index in [2.05, 4.69) is 114 Å². The highest BCUT2D eigenvalue weighted by atomic mass is 19.1. The van der Waals surface area contributed by atoms with Gasteiger partial charge in [0.1, 0.15) is 5.82 Å². The first-order valence-corrected chi connectivity index (χ1v) is 12.1. The van der Waals surface area contributed by atoms with Gasteiger partial charge in [0.25, 0.3) is 0 Å². The van der Waals surface area contributed by atoms with Crippen molar-refractivity contribution >= 4 is 27.8 Å². The van der Waals surface area contributed by atoms with E-state index in [0.717, 1.165) is 50.1 Å². The Morgan fingerprint density at radius 3 is 1.78 bits per heavy atom. The highest BCUT2D eigenvalue weighted by Gasteiger charge is 2.18. The maximum absolute atomic E-state index is 14.0. The third-order valence-electron chi connectivity index (χ3n) is 6.50. The van der Waals surface area contributed by atoms with Gasteiger partial charge in [0.2, 0.25) is 0 Å². The Balaban J connectivity index is 1.62. The molecule has 6 aromatic rings. The Morgan fingerprint density at radius 1 is 0.444 bits per heavy atom. The van der Waals surface area contributed by atoms with Crippen LogP contribution in [0.2, 0.25) is 0 Å². The molecule has 0 saturated carbocycles. The lowest BCUT2D eigenvalue weighted by Gasteiger charge is -2.28. The first-order valence-electron chi connectivity index (χ1n) is 12.1. The van der Waals surface area contributed by atoms with E-state index in [1.54, 1.807) is 0 Å². The average Bonchev–Trinajstić information content (AvgIpc) is 2.95. The Bertz CT molecular complexity index is 1620. The Kier molecular flexibility index (Phi) is 5.77. The zero-order valence-electron chi connectivity index (χ0n) is 19.7. The van der Waals surface area contributed by atoms with Crippen LogP contribution in [0.5, 0.6) is 0 Å². The third kappa shape index (κ3) is 4.14. The van der Waals surface area contributed by atoms with Crippen molar-refractivity contribution in [1.82, 2.24) is 0 Å². The molecule has 0 aliphatic heterocycles. The number of hydrogen-bond acceptors (Lipinski definition) is 1. The summed E-state index contributed by atoms with van der Waals surface area (Å²) in [6, 6.07) is 48.9. The number of fused-ring (bicyclic) bond motifs is 1. The van der Waals surface area contributed by atoms with Crippen LogP contribution in [-0.4, -0.2) is 0 Å². The van der Waals surface area contributed by atoms with Crippen LogP contribution in [0.1, 0.15) is 0 Å². The third-order valence-corrected chi connectivity index (χ3v) is 6.50. The quantitative estimate of drug-likeness (QED) is 0.245. The average molecular weight is 466 g/mol. The predicted molar refractivity (Wildman–Crippen MR) is 149 cm³/mol. The lowest BCUT2D eigenvalue weighted by Crippen LogP contribution is -2.11. The van der Waals surface area contributed by atoms with Gasteiger partial charge >= 0.3 is 0 Å². The molecule has 0 amide bonds. The van der Waals surface area contributed by atoms with Gasteiger partial charge in [0, 0.05) is 16.8 Å². The molecule has 172 valence electrons. The van der Waals surface area contributed by atoms with Crippen LogP contribution in [0.25, 0.3) is 33.0 Å². The highest BCUT2D eigenvalue weighted by molar-refractivity contribution is 6.07. The van der Waals surface area contributed by atoms with Crippen LogP contribution in [0, 0.1) is 5.82 Å². The topological polar surface area (TPSA) is 3.24 Å². The predicted octanol–water partition coefficient (Wildman–Crippen LogP) is 9.78. The molecule has 0 bridgehead atoms. The summed E-state index contributed by atoms with van der Waals surface area (Å²) in [6.07, 6.45) is 0. The van der Waals surface area contributed by atoms with Crippen molar-refractivity contribution in [1.29, 1.82) is 0 Å². The van der Waals surface area contributed by atoms with E-state index in [9.17, 15) is 4.39 Å². The summed E-state index contributed by atoms with van der Waals surface area (Å²) < 4.78 is 14.0. The molecule has 0 N–H and O–H groups in total. The van der Waals surface area contributed by atoms with E-state index in [-0.39, 0.29) is 5.82 Å². The maximum Gasteiger partial charge on any atom is 0.123 e. The van der Waals surface area contributed by atoms with Crippen molar-refractivity contribution in [3.63, 3.8) is 0 Å². The number of benzene rings is 6. The zero-order chi connectivity index (χ0) is 24.3. The number of hydrogen-bond donors (Lipinski definition) is 0. The van der Waals surface area contributed by atoms with Gasteiger partial charge in [-0.1, -0.05) is 103 Å². The standard InChI is InChI=1S/C34H24FN/c35-29-20-22-30(23-21-29)36(31-17-7-16-28(24-31)25-10-3-1-4-11-25)33-19-9-15-27-14-8-18-32(34(27)33)26-12-5-2-6-13-26/h1-24H. The minimum Gasteiger partial charge on any atom is -0.310 e. The van der Waals surface area contributed by atoms with Crippen molar-refractivity contribution in [2.24, 2.45) is 0 Å². The van der Waals surface area contributed by atoms with Gasteiger partial charge < -0.3 is 4.90 Å². The van der Waals surface area contributed by atoms with Crippen molar-refractivity contribution in [2.75, 3.05) is 4.90 Å². The highest BCUT2D eigenvalue weighted by Crippen LogP contribution is 2.43. The number of halogens is 1. The van der Waals surface area contributed by atoms with E-state index >= 15 is 0 Å². The molecule has 0 aliphatic rings. The molecule has 1 nitrogen and oxygen atoms in total. The van der Waals surface area contributed by atoms with E-state index in [4.69, 9.17) is 0 Å². The van der Waals surface area contributed by atoms with Crippen LogP contribution >= 0.6 is 0 Å². The molecule has 0 atom stereocenters. The first-order chi connectivity index (χ1) is 17.8. The smallest absolute Gasteiger partial charge is 0.123 e. The SMILES string of the molecule is Fc1ccc(N(c2cccc(-c3ccccc3)c2)c2cccc3cccc(-c4ccccc4)c23)cc1. The maximum atomic E-state index is 14.0. The van der Waals surface area contributed by atoms with Crippen LogP contribution in [-0.2, 0) is 0 Å². The zero-order valence-corrected chi connectivity index (χ0v) is 19.7. The van der Waals surface area contributed by atoms with Crippen molar-refractivity contribution in [2.45, 2.75) is 0 Å². The number of nitrogens with zero attached hydrogens (tertiary/aromatic N) is 1. The fourth-order valence-electron chi connectivity index (χ4n) is 4.84. The van der Waals surface area contributed by atoms with Crippen LogP contribution in [0.15, 0.2) is 146 Å². The van der Waals surface area contributed by atoms with Gasteiger partial charge in [0.05, 0.1) is 5.69 Å². The lowest BCUT2D eigenvalue weighted by atomic mass is 9.96. The number of anilines is 3. The molecular formula is C34H24FN. The molecule has 0 fully saturated rings. The fourth-order valence-corrected chi connectivity index (χ4v) is 4.84. The van der Waals surface area contributed by atoms with Crippen LogP contribution in [0.3, 0.4) is 0 Å². The molecule has 0 heterocycles. The minimum absolute atomic E-state index is 0.250. The molecule has 0 aliphatic carbocycles. The second-order valence-corrected chi connectivity index (χ2v) is 8.78. The van der Waals surface area contributed by atoms with Gasteiger partial charge in [-0.15, -0.1) is 0 Å². The van der Waals surface area contributed by atoms with E-state index in [1.165, 1.54) is 12.1 Å². The van der Waals surface area contributed by atoms with Gasteiger partial charge in [-0.05, 0) is 70.1 Å². The normalized spacial score (nSPS) is 10.9. The lowest BCUT2D eigenvalue weighted by molar-refractivity contribution is 0.628. The van der Waals surface area contributed by atoms with Gasteiger partial charge in [-0.3, -0.25) is 0 Å². The molecule has 0 radical (unpaired) electrons. The molecule has 6 aromatic carbocycles. The number of rotatable bonds is 5. The molecule has 0 unspecified atom stereocenters. The first kappa shape index (κ1) is 21.8. The molecule has 2 heteroatoms. The van der Waals surface area contributed by atoms with Gasteiger partial charge in [-0.2, -0.15) is 0 Å². The Morgan fingerprint density at radius 2 is 1.06 bits per heavy atom. The van der Waals surface area contributed by atoms with Crippen LogP contribution < -0.4 is 4.90 Å². The van der Waals surface area contributed by atoms with Gasteiger partial charge in [0.15, 0.2) is 0 Å². The summed E-state index contributed by atoms with van der Waals surface area (Å²) >= 11 is 0. The van der Waals surface area contributed by atoms with E-state index in [0.29, 0.717) is 0 Å². The molecule has 0 aromatic heterocycles. The second-order valence-electron chi connectivity index (χ2n) is 8.78. The summed E-state index contributed by atoms with van der Waals surface area (Å²) in [4.78, 5) is 2.22. The van der Waals surface area contributed by atoms with Crippen molar-refractivity contribution < 1.29 is 4.39 Å². The van der Waals surface area contributed by atoms with Crippen LogP contribution in [0.4, 0.5) is 21.5 Å². The monoisotopic (exact) mass is 465 g/mol. The van der Waals surface area contributed by atoms with E-state index < -0.39 is 0 Å². The molecule has 6 rings (SSSR count). The largest absolute Gasteiger partial charge is 0.310 e. The summed E-state index contributed by atoms with van der Waals surface area (Å²) in [5.74, 6) is -0.250. The molecular weight excluding hydrogens is 441 g/mol. The van der Waals surface area contributed by atoms with Gasteiger partial charge in [-0.25, -0.2) is 4.39 Å². The summed E-state index contributed by atoms with van der Waals surface area (Å²) in [6.45, 7) is 0. The van der Waals surface area contributed by atoms with Crippen molar-refractivity contribution in [3.8, 4) is 22.3 Å². The van der Waals surface area contributed by atoms with Crippen molar-refractivity contribution in [3.05, 3.63) is 151 Å². The Labute approximate surface area is 210 Å².